The molecular weight excluding hydrogens is 374 g/mol. The summed E-state index contributed by atoms with van der Waals surface area (Å²) in [5, 5.41) is 5.15. The number of fused-ring (bicyclic) bond motifs is 1. The number of sulfonamides is 1. The van der Waals surface area contributed by atoms with Crippen LogP contribution in [-0.2, 0) is 19.6 Å². The van der Waals surface area contributed by atoms with Gasteiger partial charge in [-0.1, -0.05) is 0 Å². The number of carbonyl (C=O) groups excluding carboxylic acids is 2. The van der Waals surface area contributed by atoms with E-state index in [1.807, 2.05) is 0 Å². The first-order valence-corrected chi connectivity index (χ1v) is 10.6. The Hall–Kier alpha value is -2.33. The van der Waals surface area contributed by atoms with Crippen molar-refractivity contribution >= 4 is 27.5 Å². The molecule has 3 rings (SSSR count). The number of hydrogen-bond acceptors (Lipinski definition) is 6. The molecule has 10 heteroatoms. The Morgan fingerprint density at radius 3 is 2.44 bits per heavy atom. The van der Waals surface area contributed by atoms with Crippen molar-refractivity contribution in [2.24, 2.45) is 5.92 Å². The SMILES string of the molecule is CS(=O)(=O)N1CCC(CNC(=O)C(=O)Nc2ccc3c(c2)OCCO3)CC1. The lowest BCUT2D eigenvalue weighted by Gasteiger charge is -2.30. The maximum atomic E-state index is 12.1. The van der Waals surface area contributed by atoms with Gasteiger partial charge in [0.15, 0.2) is 11.5 Å². The van der Waals surface area contributed by atoms with E-state index in [1.54, 1.807) is 18.2 Å². The third-order valence-electron chi connectivity index (χ3n) is 4.60. The Morgan fingerprint density at radius 1 is 1.11 bits per heavy atom. The Balaban J connectivity index is 1.45. The standard InChI is InChI=1S/C17H23N3O6S/c1-27(23,24)20-6-4-12(5-7-20)11-18-16(21)17(22)19-13-2-3-14-15(10-13)26-9-8-25-14/h2-3,10,12H,4-9,11H2,1H3,(H,18,21)(H,19,22). The van der Waals surface area contributed by atoms with E-state index in [-0.39, 0.29) is 5.92 Å². The van der Waals surface area contributed by atoms with Gasteiger partial charge < -0.3 is 20.1 Å². The lowest BCUT2D eigenvalue weighted by molar-refractivity contribution is -0.136. The molecule has 9 nitrogen and oxygen atoms in total. The third-order valence-corrected chi connectivity index (χ3v) is 5.90. The van der Waals surface area contributed by atoms with Crippen molar-refractivity contribution in [1.29, 1.82) is 0 Å². The minimum atomic E-state index is -3.17. The minimum Gasteiger partial charge on any atom is -0.486 e. The highest BCUT2D eigenvalue weighted by Gasteiger charge is 2.25. The van der Waals surface area contributed by atoms with Crippen molar-refractivity contribution < 1.29 is 27.5 Å². The summed E-state index contributed by atoms with van der Waals surface area (Å²) in [5.41, 5.74) is 0.445. The van der Waals surface area contributed by atoms with Crippen LogP contribution in [0.5, 0.6) is 11.5 Å². The molecule has 2 N–H and O–H groups in total. The maximum absolute atomic E-state index is 12.1. The number of ether oxygens (including phenoxy) is 2. The van der Waals surface area contributed by atoms with Crippen LogP contribution in [-0.4, -0.2) is 63.6 Å². The zero-order valence-electron chi connectivity index (χ0n) is 15.1. The second kappa shape index (κ2) is 8.13. The minimum absolute atomic E-state index is 0.147. The lowest BCUT2D eigenvalue weighted by atomic mass is 9.98. The van der Waals surface area contributed by atoms with E-state index in [1.165, 1.54) is 10.6 Å². The van der Waals surface area contributed by atoms with Crippen LogP contribution in [0.4, 0.5) is 5.69 Å². The molecule has 2 aliphatic heterocycles. The summed E-state index contributed by atoms with van der Waals surface area (Å²) < 4.78 is 35.3. The van der Waals surface area contributed by atoms with Gasteiger partial charge in [-0.3, -0.25) is 9.59 Å². The number of nitrogens with zero attached hydrogens (tertiary/aromatic N) is 1. The van der Waals surface area contributed by atoms with Gasteiger partial charge in [0.2, 0.25) is 10.0 Å². The van der Waals surface area contributed by atoms with E-state index in [0.29, 0.717) is 62.9 Å². The van der Waals surface area contributed by atoms with Gasteiger partial charge in [-0.2, -0.15) is 0 Å². The zero-order chi connectivity index (χ0) is 19.4. The van der Waals surface area contributed by atoms with Gasteiger partial charge in [-0.15, -0.1) is 0 Å². The highest BCUT2D eigenvalue weighted by Crippen LogP contribution is 2.32. The van der Waals surface area contributed by atoms with Crippen molar-refractivity contribution in [2.45, 2.75) is 12.8 Å². The smallest absolute Gasteiger partial charge is 0.313 e. The van der Waals surface area contributed by atoms with Crippen LogP contribution in [0.2, 0.25) is 0 Å². The fourth-order valence-electron chi connectivity index (χ4n) is 3.07. The Morgan fingerprint density at radius 2 is 1.78 bits per heavy atom. The average Bonchev–Trinajstić information content (AvgIpc) is 2.65. The van der Waals surface area contributed by atoms with Gasteiger partial charge in [0.25, 0.3) is 0 Å². The summed E-state index contributed by atoms with van der Waals surface area (Å²) in [4.78, 5) is 24.1. The van der Waals surface area contributed by atoms with Crippen LogP contribution in [0.1, 0.15) is 12.8 Å². The van der Waals surface area contributed by atoms with Crippen LogP contribution >= 0.6 is 0 Å². The zero-order valence-corrected chi connectivity index (χ0v) is 15.9. The molecule has 1 aromatic rings. The Bertz CT molecular complexity index is 818. The summed E-state index contributed by atoms with van der Waals surface area (Å²) in [6.45, 7) is 2.11. The van der Waals surface area contributed by atoms with E-state index in [9.17, 15) is 18.0 Å². The summed E-state index contributed by atoms with van der Waals surface area (Å²) in [6, 6.07) is 4.93. The molecule has 0 atom stereocenters. The number of hydrogen-bond donors (Lipinski definition) is 2. The summed E-state index contributed by atoms with van der Waals surface area (Å²) in [5.74, 6) is -0.217. The van der Waals surface area contributed by atoms with Crippen LogP contribution in [0.15, 0.2) is 18.2 Å². The molecule has 0 aliphatic carbocycles. The van der Waals surface area contributed by atoms with Crippen molar-refractivity contribution in [1.82, 2.24) is 9.62 Å². The van der Waals surface area contributed by atoms with Gasteiger partial charge in [-0.25, -0.2) is 12.7 Å². The number of rotatable bonds is 4. The van der Waals surface area contributed by atoms with Gasteiger partial charge in [0.05, 0.1) is 6.26 Å². The quantitative estimate of drug-likeness (QED) is 0.701. The number of piperidine rings is 1. The first kappa shape index (κ1) is 19.4. The lowest BCUT2D eigenvalue weighted by Crippen LogP contribution is -2.43. The second-order valence-corrected chi connectivity index (χ2v) is 8.61. The highest BCUT2D eigenvalue weighted by atomic mass is 32.2. The van der Waals surface area contributed by atoms with Crippen LogP contribution in [0.25, 0.3) is 0 Å². The molecule has 0 unspecified atom stereocenters. The molecule has 148 valence electrons. The average molecular weight is 397 g/mol. The Labute approximate surface area is 158 Å². The first-order valence-electron chi connectivity index (χ1n) is 8.77. The number of carbonyl (C=O) groups is 2. The van der Waals surface area contributed by atoms with Crippen molar-refractivity contribution in [2.75, 3.05) is 44.4 Å². The fourth-order valence-corrected chi connectivity index (χ4v) is 3.95. The molecule has 0 radical (unpaired) electrons. The third kappa shape index (κ3) is 5.10. The van der Waals surface area contributed by atoms with E-state index in [2.05, 4.69) is 10.6 Å². The molecule has 0 spiro atoms. The number of benzene rings is 1. The van der Waals surface area contributed by atoms with Crippen molar-refractivity contribution in [3.63, 3.8) is 0 Å². The van der Waals surface area contributed by atoms with E-state index < -0.39 is 21.8 Å². The topological polar surface area (TPSA) is 114 Å². The van der Waals surface area contributed by atoms with E-state index in [4.69, 9.17) is 9.47 Å². The van der Waals surface area contributed by atoms with E-state index >= 15 is 0 Å². The normalized spacial score (nSPS) is 18.0. The van der Waals surface area contributed by atoms with Crippen LogP contribution < -0.4 is 20.1 Å². The second-order valence-electron chi connectivity index (χ2n) is 6.63. The monoisotopic (exact) mass is 397 g/mol. The molecule has 0 aromatic heterocycles. The number of nitrogens with one attached hydrogen (secondary N) is 2. The van der Waals surface area contributed by atoms with Gasteiger partial charge in [0.1, 0.15) is 13.2 Å². The molecule has 0 saturated carbocycles. The summed E-state index contributed by atoms with van der Waals surface area (Å²) in [6.07, 6.45) is 2.49. The fraction of sp³-hybridized carbons (Fsp3) is 0.529. The molecule has 2 aliphatic rings. The molecular formula is C17H23N3O6S. The number of anilines is 1. The molecule has 2 amide bonds. The van der Waals surface area contributed by atoms with Gasteiger partial charge >= 0.3 is 11.8 Å². The predicted molar refractivity (Wildman–Crippen MR) is 98.2 cm³/mol. The molecule has 1 fully saturated rings. The van der Waals surface area contributed by atoms with Crippen molar-refractivity contribution in [3.05, 3.63) is 18.2 Å². The molecule has 27 heavy (non-hydrogen) atoms. The molecule has 2 heterocycles. The molecule has 1 aromatic carbocycles. The largest absolute Gasteiger partial charge is 0.486 e. The molecule has 0 bridgehead atoms. The van der Waals surface area contributed by atoms with Gasteiger partial charge in [-0.05, 0) is 30.9 Å². The maximum Gasteiger partial charge on any atom is 0.313 e. The highest BCUT2D eigenvalue weighted by molar-refractivity contribution is 7.88. The van der Waals surface area contributed by atoms with E-state index in [0.717, 1.165) is 0 Å². The van der Waals surface area contributed by atoms with Crippen LogP contribution in [0, 0.1) is 5.92 Å². The van der Waals surface area contributed by atoms with Gasteiger partial charge in [0, 0.05) is 31.4 Å². The first-order chi connectivity index (χ1) is 12.8. The Kier molecular flexibility index (Phi) is 5.85. The molecule has 1 saturated heterocycles. The van der Waals surface area contributed by atoms with Crippen molar-refractivity contribution in [3.8, 4) is 11.5 Å². The summed E-state index contributed by atoms with van der Waals surface area (Å²) in [7, 11) is -3.17. The van der Waals surface area contributed by atoms with Crippen LogP contribution in [0.3, 0.4) is 0 Å². The summed E-state index contributed by atoms with van der Waals surface area (Å²) >= 11 is 0. The predicted octanol–water partition coefficient (Wildman–Crippen LogP) is 0.184. The number of amides is 2.